The van der Waals surface area contributed by atoms with Gasteiger partial charge in [0.25, 0.3) is 0 Å². The van der Waals surface area contributed by atoms with Crippen molar-refractivity contribution in [3.05, 3.63) is 24.8 Å². The van der Waals surface area contributed by atoms with E-state index in [9.17, 15) is 0 Å². The standard InChI is InChI=1S/C28H50O2/c1-4-7-10-13-14-15-16-17-18-19-22-25-28(29-26-23-20-11-8-5-2)30-27-24-21-12-9-6-3/h4,13-14,28H,1,5-6,8-9,11-12,15-27H2,2-3H3/b14-13-. The predicted octanol–water partition coefficient (Wildman–Crippen LogP) is 8.76. The quantitative estimate of drug-likeness (QED) is 0.0993. The molecule has 0 saturated carbocycles. The summed E-state index contributed by atoms with van der Waals surface area (Å²) in [5.74, 6) is 5.78. The smallest absolute Gasteiger partial charge is 0.157 e. The molecule has 0 amide bonds. The minimum absolute atomic E-state index is 0.00807. The monoisotopic (exact) mass is 418 g/mol. The first-order chi connectivity index (χ1) is 14.8. The van der Waals surface area contributed by atoms with Crippen molar-refractivity contribution >= 4 is 0 Å². The maximum absolute atomic E-state index is 6.09. The van der Waals surface area contributed by atoms with Gasteiger partial charge in [-0.25, -0.2) is 0 Å². The Kier molecular flexibility index (Phi) is 25.1. The van der Waals surface area contributed by atoms with Crippen molar-refractivity contribution < 1.29 is 9.47 Å². The van der Waals surface area contributed by atoms with Crippen LogP contribution in [0.1, 0.15) is 123 Å². The molecule has 0 atom stereocenters. The van der Waals surface area contributed by atoms with E-state index in [1.807, 2.05) is 6.08 Å². The highest BCUT2D eigenvalue weighted by Crippen LogP contribution is 2.14. The lowest BCUT2D eigenvalue weighted by molar-refractivity contribution is -0.148. The molecule has 174 valence electrons. The molecule has 0 radical (unpaired) electrons. The topological polar surface area (TPSA) is 18.5 Å². The second-order valence-electron chi connectivity index (χ2n) is 8.24. The van der Waals surface area contributed by atoms with E-state index in [0.29, 0.717) is 0 Å². The zero-order chi connectivity index (χ0) is 22.0. The fourth-order valence-corrected chi connectivity index (χ4v) is 3.41. The summed E-state index contributed by atoms with van der Waals surface area (Å²) >= 11 is 0. The average Bonchev–Trinajstić information content (AvgIpc) is 2.76. The van der Waals surface area contributed by atoms with E-state index in [1.54, 1.807) is 6.08 Å². The Bertz CT molecular complexity index is 414. The molecule has 0 bridgehead atoms. The van der Waals surface area contributed by atoms with E-state index in [4.69, 9.17) is 9.47 Å². The van der Waals surface area contributed by atoms with Crippen molar-refractivity contribution in [1.29, 1.82) is 0 Å². The second kappa shape index (κ2) is 26.0. The van der Waals surface area contributed by atoms with E-state index < -0.39 is 0 Å². The maximum Gasteiger partial charge on any atom is 0.157 e. The highest BCUT2D eigenvalue weighted by molar-refractivity contribution is 5.21. The minimum atomic E-state index is 0.00807. The Morgan fingerprint density at radius 2 is 1.20 bits per heavy atom. The molecule has 0 fully saturated rings. The molecule has 0 unspecified atom stereocenters. The maximum atomic E-state index is 6.09. The lowest BCUT2D eigenvalue weighted by Gasteiger charge is -2.19. The summed E-state index contributed by atoms with van der Waals surface area (Å²) in [5, 5.41) is 0. The molecule has 0 heterocycles. The van der Waals surface area contributed by atoms with Crippen LogP contribution in [-0.2, 0) is 9.47 Å². The van der Waals surface area contributed by atoms with Crippen LogP contribution in [0.4, 0.5) is 0 Å². The zero-order valence-electron chi connectivity index (χ0n) is 20.3. The van der Waals surface area contributed by atoms with Gasteiger partial charge in [0.2, 0.25) is 0 Å². The second-order valence-corrected chi connectivity index (χ2v) is 8.24. The fourth-order valence-electron chi connectivity index (χ4n) is 3.41. The van der Waals surface area contributed by atoms with Crippen molar-refractivity contribution in [3.63, 3.8) is 0 Å². The molecule has 0 saturated heterocycles. The van der Waals surface area contributed by atoms with Crippen LogP contribution >= 0.6 is 0 Å². The Balaban J connectivity index is 3.84. The predicted molar refractivity (Wildman–Crippen MR) is 133 cm³/mol. The molecule has 0 aromatic rings. The number of ether oxygens (including phenoxy) is 2. The highest BCUT2D eigenvalue weighted by atomic mass is 16.7. The largest absolute Gasteiger partial charge is 0.353 e. The van der Waals surface area contributed by atoms with Gasteiger partial charge in [-0.1, -0.05) is 109 Å². The van der Waals surface area contributed by atoms with Crippen LogP contribution in [0, 0.1) is 11.8 Å². The Hall–Kier alpha value is -1.04. The number of hydrogen-bond donors (Lipinski definition) is 0. The van der Waals surface area contributed by atoms with Gasteiger partial charge in [0.05, 0.1) is 0 Å². The van der Waals surface area contributed by atoms with Gasteiger partial charge in [0.15, 0.2) is 6.29 Å². The van der Waals surface area contributed by atoms with E-state index in [1.165, 1.54) is 96.3 Å². The number of rotatable bonds is 22. The van der Waals surface area contributed by atoms with Crippen LogP contribution < -0.4 is 0 Å². The number of hydrogen-bond acceptors (Lipinski definition) is 2. The van der Waals surface area contributed by atoms with E-state index >= 15 is 0 Å². The summed E-state index contributed by atoms with van der Waals surface area (Å²) in [5.41, 5.74) is 0. The first-order valence-corrected chi connectivity index (χ1v) is 12.8. The van der Waals surface area contributed by atoms with E-state index in [-0.39, 0.29) is 6.29 Å². The lowest BCUT2D eigenvalue weighted by atomic mass is 10.1. The van der Waals surface area contributed by atoms with Crippen LogP contribution in [0.3, 0.4) is 0 Å². The molecular formula is C28H50O2. The van der Waals surface area contributed by atoms with Crippen molar-refractivity contribution in [3.8, 4) is 11.8 Å². The normalized spacial score (nSPS) is 11.2. The number of allylic oxidation sites excluding steroid dienone is 3. The van der Waals surface area contributed by atoms with Gasteiger partial charge >= 0.3 is 0 Å². The summed E-state index contributed by atoms with van der Waals surface area (Å²) in [7, 11) is 0. The Morgan fingerprint density at radius 1 is 0.667 bits per heavy atom. The van der Waals surface area contributed by atoms with Crippen molar-refractivity contribution in [1.82, 2.24) is 0 Å². The molecule has 2 nitrogen and oxygen atoms in total. The first kappa shape index (κ1) is 29.0. The molecular weight excluding hydrogens is 368 g/mol. The average molecular weight is 419 g/mol. The van der Waals surface area contributed by atoms with E-state index in [0.717, 1.165) is 26.1 Å². The van der Waals surface area contributed by atoms with Gasteiger partial charge in [-0.3, -0.25) is 0 Å². The molecule has 0 rings (SSSR count). The van der Waals surface area contributed by atoms with Crippen molar-refractivity contribution in [2.75, 3.05) is 13.2 Å². The summed E-state index contributed by atoms with van der Waals surface area (Å²) in [6.07, 6.45) is 27.1. The van der Waals surface area contributed by atoms with Gasteiger partial charge in [-0.05, 0) is 50.7 Å². The summed E-state index contributed by atoms with van der Waals surface area (Å²) in [6.45, 7) is 9.81. The minimum Gasteiger partial charge on any atom is -0.353 e. The molecule has 0 N–H and O–H groups in total. The third kappa shape index (κ3) is 23.2. The van der Waals surface area contributed by atoms with Gasteiger partial charge in [-0.15, -0.1) is 0 Å². The third-order valence-electron chi connectivity index (χ3n) is 5.30. The zero-order valence-corrected chi connectivity index (χ0v) is 20.3. The summed E-state index contributed by atoms with van der Waals surface area (Å²) < 4.78 is 12.2. The Labute approximate surface area is 188 Å². The van der Waals surface area contributed by atoms with Crippen LogP contribution in [0.25, 0.3) is 0 Å². The van der Waals surface area contributed by atoms with E-state index in [2.05, 4.69) is 38.3 Å². The van der Waals surface area contributed by atoms with Gasteiger partial charge < -0.3 is 9.47 Å². The molecule has 30 heavy (non-hydrogen) atoms. The van der Waals surface area contributed by atoms with Gasteiger partial charge in [-0.2, -0.15) is 0 Å². The molecule has 2 heteroatoms. The van der Waals surface area contributed by atoms with Crippen LogP contribution in [0.2, 0.25) is 0 Å². The third-order valence-corrected chi connectivity index (χ3v) is 5.30. The van der Waals surface area contributed by atoms with Crippen LogP contribution in [-0.4, -0.2) is 19.5 Å². The highest BCUT2D eigenvalue weighted by Gasteiger charge is 2.09. The van der Waals surface area contributed by atoms with Crippen LogP contribution in [0.15, 0.2) is 24.8 Å². The van der Waals surface area contributed by atoms with Crippen molar-refractivity contribution in [2.45, 2.75) is 129 Å². The lowest BCUT2D eigenvalue weighted by Crippen LogP contribution is -2.19. The molecule has 0 aliphatic heterocycles. The SMILES string of the molecule is C=CC#C/C=C\CCCCCCCC(OCCCCCCC)OCCCCCCC. The van der Waals surface area contributed by atoms with Gasteiger partial charge in [0, 0.05) is 13.2 Å². The van der Waals surface area contributed by atoms with Crippen LogP contribution in [0.5, 0.6) is 0 Å². The molecule has 0 spiro atoms. The summed E-state index contributed by atoms with van der Waals surface area (Å²) in [6, 6.07) is 0. The first-order valence-electron chi connectivity index (χ1n) is 12.8. The molecule has 0 aromatic heterocycles. The van der Waals surface area contributed by atoms with Crippen molar-refractivity contribution in [2.24, 2.45) is 0 Å². The summed E-state index contributed by atoms with van der Waals surface area (Å²) in [4.78, 5) is 0. The number of unbranched alkanes of at least 4 members (excludes halogenated alkanes) is 13. The molecule has 0 aliphatic carbocycles. The fraction of sp³-hybridized carbons (Fsp3) is 0.786. The van der Waals surface area contributed by atoms with Gasteiger partial charge in [0.1, 0.15) is 0 Å². The molecule has 0 aromatic carbocycles. The Morgan fingerprint density at radius 3 is 1.80 bits per heavy atom. The molecule has 0 aliphatic rings.